The van der Waals surface area contributed by atoms with E-state index in [1.807, 2.05) is 19.2 Å². The molecule has 0 spiro atoms. The van der Waals surface area contributed by atoms with Crippen molar-refractivity contribution in [2.45, 2.75) is 38.0 Å². The molecule has 2 aliphatic rings. The molecule has 37 heavy (non-hydrogen) atoms. The Bertz CT molecular complexity index is 1480. The van der Waals surface area contributed by atoms with Crippen molar-refractivity contribution in [3.8, 4) is 11.5 Å². The Balaban J connectivity index is 1.17. The summed E-state index contributed by atoms with van der Waals surface area (Å²) in [6.07, 6.45) is 2.00. The monoisotopic (exact) mass is 520 g/mol. The standard InChI is InChI=1S/C29H30ClFN4O2/c1-29(22-9-7-19(30)15-23(22)31)36-26-6-4-5-21(28(26)37-29)18-11-13-35(14-12-18)17-27-33-24-16-20(32-2)8-10-25(24)34(27)3/h4-10,15-16,18,32H,11-14,17H2,1-3H3. The molecule has 0 bridgehead atoms. The van der Waals surface area contributed by atoms with Gasteiger partial charge in [0.1, 0.15) is 11.6 Å². The molecule has 192 valence electrons. The summed E-state index contributed by atoms with van der Waals surface area (Å²) in [7, 11) is 4.01. The third kappa shape index (κ3) is 4.30. The van der Waals surface area contributed by atoms with E-state index in [0.29, 0.717) is 28.0 Å². The van der Waals surface area contributed by atoms with Gasteiger partial charge in [-0.3, -0.25) is 4.90 Å². The molecule has 4 aromatic rings. The average Bonchev–Trinajstić information content (AvgIpc) is 3.40. The van der Waals surface area contributed by atoms with Crippen molar-refractivity contribution in [1.82, 2.24) is 14.5 Å². The summed E-state index contributed by atoms with van der Waals surface area (Å²) in [5.41, 5.74) is 4.67. The van der Waals surface area contributed by atoms with Crippen LogP contribution in [0.2, 0.25) is 5.02 Å². The molecule has 8 heteroatoms. The van der Waals surface area contributed by atoms with Crippen LogP contribution < -0.4 is 14.8 Å². The van der Waals surface area contributed by atoms with E-state index in [2.05, 4.69) is 46.1 Å². The summed E-state index contributed by atoms with van der Waals surface area (Å²) in [5, 5.41) is 3.53. The van der Waals surface area contributed by atoms with Gasteiger partial charge in [-0.1, -0.05) is 23.7 Å². The first-order valence-corrected chi connectivity index (χ1v) is 13.0. The first kappa shape index (κ1) is 24.1. The fourth-order valence-corrected chi connectivity index (χ4v) is 5.74. The van der Waals surface area contributed by atoms with Crippen LogP contribution in [-0.2, 0) is 19.4 Å². The molecular weight excluding hydrogens is 491 g/mol. The summed E-state index contributed by atoms with van der Waals surface area (Å²) in [6.45, 7) is 4.49. The van der Waals surface area contributed by atoms with Crippen LogP contribution in [-0.4, -0.2) is 34.6 Å². The topological polar surface area (TPSA) is 51.6 Å². The van der Waals surface area contributed by atoms with E-state index in [-0.39, 0.29) is 0 Å². The SMILES string of the molecule is CNc1ccc2c(c1)nc(CN1CCC(c3cccc4c3OC(C)(c3ccc(Cl)cc3F)O4)CC1)n2C. The Morgan fingerprint density at radius 2 is 1.92 bits per heavy atom. The van der Waals surface area contributed by atoms with Crippen molar-refractivity contribution in [3.05, 3.63) is 82.4 Å². The van der Waals surface area contributed by atoms with Crippen LogP contribution in [0.3, 0.4) is 0 Å². The summed E-state index contributed by atoms with van der Waals surface area (Å²) in [5.74, 6) is 1.10. The molecule has 1 saturated heterocycles. The number of likely N-dealkylation sites (tertiary alicyclic amines) is 1. The number of nitrogens with one attached hydrogen (secondary N) is 1. The van der Waals surface area contributed by atoms with Gasteiger partial charge in [-0.05, 0) is 74.3 Å². The van der Waals surface area contributed by atoms with Crippen LogP contribution in [0.5, 0.6) is 11.5 Å². The zero-order valence-corrected chi connectivity index (χ0v) is 22.0. The molecule has 3 heterocycles. The van der Waals surface area contributed by atoms with Gasteiger partial charge in [0.2, 0.25) is 0 Å². The third-order valence-corrected chi connectivity index (χ3v) is 7.92. The quantitative estimate of drug-likeness (QED) is 0.328. The lowest BCUT2D eigenvalue weighted by Gasteiger charge is -2.32. The highest BCUT2D eigenvalue weighted by Crippen LogP contribution is 2.49. The molecule has 6 nitrogen and oxygen atoms in total. The maximum atomic E-state index is 14.7. The zero-order chi connectivity index (χ0) is 25.7. The molecule has 0 amide bonds. The number of halogens is 2. The minimum absolute atomic E-state index is 0.332. The lowest BCUT2D eigenvalue weighted by Crippen LogP contribution is -2.34. The second-order valence-electron chi connectivity index (χ2n) is 10.0. The molecule has 0 saturated carbocycles. The molecular formula is C29H30ClFN4O2. The second kappa shape index (κ2) is 9.23. The number of para-hydroxylation sites is 1. The van der Waals surface area contributed by atoms with Crippen LogP contribution in [0.15, 0.2) is 54.6 Å². The van der Waals surface area contributed by atoms with Crippen molar-refractivity contribution < 1.29 is 13.9 Å². The van der Waals surface area contributed by atoms with E-state index < -0.39 is 11.6 Å². The Kier molecular flexibility index (Phi) is 6.00. The average molecular weight is 521 g/mol. The van der Waals surface area contributed by atoms with Gasteiger partial charge in [-0.25, -0.2) is 9.37 Å². The highest BCUT2D eigenvalue weighted by Gasteiger charge is 2.42. The van der Waals surface area contributed by atoms with Crippen LogP contribution in [0.25, 0.3) is 11.0 Å². The van der Waals surface area contributed by atoms with Gasteiger partial charge in [0.15, 0.2) is 11.5 Å². The van der Waals surface area contributed by atoms with Gasteiger partial charge < -0.3 is 19.4 Å². The summed E-state index contributed by atoms with van der Waals surface area (Å²) in [4.78, 5) is 7.37. The molecule has 6 rings (SSSR count). The van der Waals surface area contributed by atoms with E-state index in [0.717, 1.165) is 60.6 Å². The van der Waals surface area contributed by atoms with E-state index in [1.54, 1.807) is 19.1 Å². The van der Waals surface area contributed by atoms with E-state index >= 15 is 0 Å². The highest BCUT2D eigenvalue weighted by molar-refractivity contribution is 6.30. The van der Waals surface area contributed by atoms with Gasteiger partial charge in [0.05, 0.1) is 23.1 Å². The Labute approximate surface area is 221 Å². The van der Waals surface area contributed by atoms with Crippen molar-refractivity contribution >= 4 is 28.3 Å². The van der Waals surface area contributed by atoms with Gasteiger partial charge in [-0.2, -0.15) is 0 Å². The number of nitrogens with zero attached hydrogens (tertiary/aromatic N) is 3. The first-order valence-electron chi connectivity index (χ1n) is 12.7. The van der Waals surface area contributed by atoms with Crippen molar-refractivity contribution in [3.63, 3.8) is 0 Å². The summed E-state index contributed by atoms with van der Waals surface area (Å²) in [6, 6.07) is 16.8. The predicted octanol–water partition coefficient (Wildman–Crippen LogP) is 6.43. The number of imidazole rings is 1. The maximum Gasteiger partial charge on any atom is 0.278 e. The number of aryl methyl sites for hydroxylation is 1. The third-order valence-electron chi connectivity index (χ3n) is 7.69. The predicted molar refractivity (Wildman–Crippen MR) is 144 cm³/mol. The molecule has 2 aliphatic heterocycles. The molecule has 1 N–H and O–H groups in total. The van der Waals surface area contributed by atoms with Crippen LogP contribution >= 0.6 is 11.6 Å². The van der Waals surface area contributed by atoms with Gasteiger partial charge in [0.25, 0.3) is 5.79 Å². The van der Waals surface area contributed by atoms with Crippen LogP contribution in [0.1, 0.15) is 42.6 Å². The van der Waals surface area contributed by atoms with Gasteiger partial charge in [0, 0.05) is 37.3 Å². The van der Waals surface area contributed by atoms with Crippen molar-refractivity contribution in [2.75, 3.05) is 25.5 Å². The smallest absolute Gasteiger partial charge is 0.278 e. The summed E-state index contributed by atoms with van der Waals surface area (Å²) < 4.78 is 29.4. The number of benzene rings is 3. The van der Waals surface area contributed by atoms with Crippen molar-refractivity contribution in [2.24, 2.45) is 7.05 Å². The minimum Gasteiger partial charge on any atom is -0.444 e. The summed E-state index contributed by atoms with van der Waals surface area (Å²) >= 11 is 5.96. The Morgan fingerprint density at radius 1 is 1.11 bits per heavy atom. The maximum absolute atomic E-state index is 14.7. The van der Waals surface area contributed by atoms with Crippen LogP contribution in [0, 0.1) is 5.82 Å². The molecule has 1 aromatic heterocycles. The van der Waals surface area contributed by atoms with Crippen LogP contribution in [0.4, 0.5) is 10.1 Å². The molecule has 3 aromatic carbocycles. The molecule has 1 unspecified atom stereocenters. The van der Waals surface area contributed by atoms with Crippen molar-refractivity contribution in [1.29, 1.82) is 0 Å². The van der Waals surface area contributed by atoms with Gasteiger partial charge >= 0.3 is 0 Å². The number of anilines is 1. The molecule has 1 atom stereocenters. The number of fused-ring (bicyclic) bond motifs is 2. The zero-order valence-electron chi connectivity index (χ0n) is 21.2. The number of ether oxygens (including phenoxy) is 2. The molecule has 1 fully saturated rings. The fourth-order valence-electron chi connectivity index (χ4n) is 5.59. The lowest BCUT2D eigenvalue weighted by molar-refractivity contribution is -0.0712. The number of hydrogen-bond acceptors (Lipinski definition) is 5. The van der Waals surface area contributed by atoms with E-state index in [1.165, 1.54) is 6.07 Å². The number of aromatic nitrogens is 2. The normalized spacial score (nSPS) is 20.0. The van der Waals surface area contributed by atoms with E-state index in [9.17, 15) is 4.39 Å². The first-order chi connectivity index (χ1) is 17.8. The number of hydrogen-bond donors (Lipinski definition) is 1. The highest BCUT2D eigenvalue weighted by atomic mass is 35.5. The second-order valence-corrected chi connectivity index (χ2v) is 10.5. The molecule has 0 aliphatic carbocycles. The van der Waals surface area contributed by atoms with Gasteiger partial charge in [-0.15, -0.1) is 0 Å². The Hall–Kier alpha value is -3.29. The minimum atomic E-state index is -1.23. The number of piperidine rings is 1. The lowest BCUT2D eigenvalue weighted by atomic mass is 9.88. The van der Waals surface area contributed by atoms with E-state index in [4.69, 9.17) is 26.1 Å². The fraction of sp³-hybridized carbons (Fsp3) is 0.345. The Morgan fingerprint density at radius 3 is 2.68 bits per heavy atom. The number of rotatable bonds is 5. The molecule has 0 radical (unpaired) electrons. The largest absolute Gasteiger partial charge is 0.444 e.